The molecule has 0 fully saturated rings. The third kappa shape index (κ3) is 2.36. The van der Waals surface area contributed by atoms with Gasteiger partial charge in [-0.2, -0.15) is 0 Å². The number of nitrogen functional groups attached to an aromatic ring is 1. The molecule has 0 radical (unpaired) electrons. The van der Waals surface area contributed by atoms with Gasteiger partial charge in [-0.15, -0.1) is 0 Å². The van der Waals surface area contributed by atoms with Crippen LogP contribution in [-0.4, -0.2) is 11.4 Å². The molecule has 2 aromatic rings. The molecule has 1 unspecified atom stereocenters. The molecule has 0 bridgehead atoms. The summed E-state index contributed by atoms with van der Waals surface area (Å²) in [6.45, 7) is 4.36. The summed E-state index contributed by atoms with van der Waals surface area (Å²) in [7, 11) is 0. The van der Waals surface area contributed by atoms with E-state index >= 15 is 0 Å². The summed E-state index contributed by atoms with van der Waals surface area (Å²) in [6.07, 6.45) is 1.05. The zero-order chi connectivity index (χ0) is 13.2. The summed E-state index contributed by atoms with van der Waals surface area (Å²) >= 11 is 0. The van der Waals surface area contributed by atoms with E-state index in [1.54, 1.807) is 0 Å². The number of nitrogens with zero attached hydrogens (tertiary/aromatic N) is 1. The zero-order valence-electron chi connectivity index (χ0n) is 11.3. The fourth-order valence-corrected chi connectivity index (χ4v) is 2.93. The van der Waals surface area contributed by atoms with E-state index in [9.17, 15) is 0 Å². The second kappa shape index (κ2) is 5.06. The third-order valence-corrected chi connectivity index (χ3v) is 4.16. The van der Waals surface area contributed by atoms with Gasteiger partial charge in [0.05, 0.1) is 0 Å². The number of rotatable bonds is 2. The van der Waals surface area contributed by atoms with Crippen molar-refractivity contribution in [1.82, 2.24) is 4.90 Å². The van der Waals surface area contributed by atoms with Crippen molar-refractivity contribution < 1.29 is 0 Å². The number of benzene rings is 2. The van der Waals surface area contributed by atoms with Gasteiger partial charge in [0.2, 0.25) is 0 Å². The highest BCUT2D eigenvalue weighted by Gasteiger charge is 2.22. The van der Waals surface area contributed by atoms with Crippen molar-refractivity contribution in [3.63, 3.8) is 0 Å². The molecule has 98 valence electrons. The fourth-order valence-electron chi connectivity index (χ4n) is 2.93. The number of anilines is 1. The Morgan fingerprint density at radius 2 is 1.84 bits per heavy atom. The van der Waals surface area contributed by atoms with Crippen LogP contribution >= 0.6 is 0 Å². The Morgan fingerprint density at radius 3 is 2.63 bits per heavy atom. The first-order chi connectivity index (χ1) is 9.25. The standard InChI is InChI=1S/C17H20N2/c1-13(14-6-3-2-4-7-14)19-11-10-16-15(12-19)8-5-9-17(16)18/h2-9,13H,10-12,18H2,1H3. The van der Waals surface area contributed by atoms with Crippen LogP contribution in [0.5, 0.6) is 0 Å². The Morgan fingerprint density at radius 1 is 1.05 bits per heavy atom. The highest BCUT2D eigenvalue weighted by molar-refractivity contribution is 5.51. The fraction of sp³-hybridized carbons (Fsp3) is 0.294. The van der Waals surface area contributed by atoms with Crippen LogP contribution in [-0.2, 0) is 13.0 Å². The monoisotopic (exact) mass is 252 g/mol. The molecule has 1 heterocycles. The van der Waals surface area contributed by atoms with Gasteiger partial charge < -0.3 is 5.73 Å². The average Bonchev–Trinajstić information content (AvgIpc) is 2.47. The quantitative estimate of drug-likeness (QED) is 0.830. The molecular formula is C17H20N2. The molecule has 1 atom stereocenters. The summed E-state index contributed by atoms with van der Waals surface area (Å²) in [5, 5.41) is 0. The van der Waals surface area contributed by atoms with Gasteiger partial charge in [0.25, 0.3) is 0 Å². The number of fused-ring (bicyclic) bond motifs is 1. The van der Waals surface area contributed by atoms with Crippen LogP contribution in [0.15, 0.2) is 48.5 Å². The maximum absolute atomic E-state index is 6.06. The van der Waals surface area contributed by atoms with Gasteiger partial charge in [-0.3, -0.25) is 4.90 Å². The number of hydrogen-bond donors (Lipinski definition) is 1. The molecule has 0 spiro atoms. The van der Waals surface area contributed by atoms with Gasteiger partial charge in [-0.1, -0.05) is 42.5 Å². The Balaban J connectivity index is 1.83. The maximum Gasteiger partial charge on any atom is 0.0350 e. The lowest BCUT2D eigenvalue weighted by Gasteiger charge is -2.34. The Bertz CT molecular complexity index is 563. The number of nitrogens with two attached hydrogens (primary N) is 1. The second-order valence-corrected chi connectivity index (χ2v) is 5.29. The van der Waals surface area contributed by atoms with E-state index in [2.05, 4.69) is 54.3 Å². The molecule has 0 aliphatic carbocycles. The topological polar surface area (TPSA) is 29.3 Å². The van der Waals surface area contributed by atoms with E-state index in [4.69, 9.17) is 5.73 Å². The van der Waals surface area contributed by atoms with E-state index in [0.29, 0.717) is 6.04 Å². The largest absolute Gasteiger partial charge is 0.398 e. The first-order valence-electron chi connectivity index (χ1n) is 6.91. The Hall–Kier alpha value is -1.80. The molecule has 0 amide bonds. The molecule has 1 aliphatic rings. The molecular weight excluding hydrogens is 232 g/mol. The SMILES string of the molecule is CC(c1ccccc1)N1CCc2c(N)cccc2C1. The second-order valence-electron chi connectivity index (χ2n) is 5.29. The van der Waals surface area contributed by atoms with Crippen molar-refractivity contribution in [3.05, 3.63) is 65.2 Å². The predicted octanol–water partition coefficient (Wildman–Crippen LogP) is 3.39. The van der Waals surface area contributed by atoms with Crippen LogP contribution in [0, 0.1) is 0 Å². The van der Waals surface area contributed by atoms with Crippen LogP contribution in [0.2, 0.25) is 0 Å². The molecule has 19 heavy (non-hydrogen) atoms. The van der Waals surface area contributed by atoms with E-state index in [1.807, 2.05) is 6.07 Å². The minimum atomic E-state index is 0.454. The molecule has 2 N–H and O–H groups in total. The highest BCUT2D eigenvalue weighted by Crippen LogP contribution is 2.29. The summed E-state index contributed by atoms with van der Waals surface area (Å²) in [6, 6.07) is 17.4. The van der Waals surface area contributed by atoms with Crippen LogP contribution in [0.3, 0.4) is 0 Å². The minimum Gasteiger partial charge on any atom is -0.398 e. The highest BCUT2D eigenvalue weighted by atomic mass is 15.2. The first kappa shape index (κ1) is 12.2. The first-order valence-corrected chi connectivity index (χ1v) is 6.91. The van der Waals surface area contributed by atoms with Crippen molar-refractivity contribution in [2.24, 2.45) is 0 Å². The molecule has 2 heteroatoms. The van der Waals surface area contributed by atoms with Gasteiger partial charge in [-0.05, 0) is 36.1 Å². The summed E-state index contributed by atoms with van der Waals surface area (Å²) < 4.78 is 0. The Labute approximate surface area is 114 Å². The van der Waals surface area contributed by atoms with Gasteiger partial charge in [0, 0.05) is 24.8 Å². The van der Waals surface area contributed by atoms with Crippen molar-refractivity contribution >= 4 is 5.69 Å². The van der Waals surface area contributed by atoms with Crippen molar-refractivity contribution in [1.29, 1.82) is 0 Å². The average molecular weight is 252 g/mol. The normalized spacial score (nSPS) is 16.9. The predicted molar refractivity (Wildman–Crippen MR) is 79.8 cm³/mol. The maximum atomic E-state index is 6.06. The smallest absolute Gasteiger partial charge is 0.0350 e. The molecule has 2 aromatic carbocycles. The lowest BCUT2D eigenvalue weighted by atomic mass is 9.95. The summed E-state index contributed by atoms with van der Waals surface area (Å²) in [4.78, 5) is 2.52. The van der Waals surface area contributed by atoms with Crippen molar-refractivity contribution in [3.8, 4) is 0 Å². The van der Waals surface area contributed by atoms with E-state index in [0.717, 1.165) is 25.2 Å². The van der Waals surface area contributed by atoms with Crippen molar-refractivity contribution in [2.45, 2.75) is 25.9 Å². The molecule has 1 aliphatic heterocycles. The van der Waals surface area contributed by atoms with Crippen LogP contribution < -0.4 is 5.73 Å². The molecule has 0 aromatic heterocycles. The van der Waals surface area contributed by atoms with Gasteiger partial charge in [-0.25, -0.2) is 0 Å². The lowest BCUT2D eigenvalue weighted by molar-refractivity contribution is 0.192. The molecule has 3 rings (SSSR count). The zero-order valence-corrected chi connectivity index (χ0v) is 11.3. The summed E-state index contributed by atoms with van der Waals surface area (Å²) in [5.41, 5.74) is 11.1. The van der Waals surface area contributed by atoms with Crippen LogP contribution in [0.4, 0.5) is 5.69 Å². The van der Waals surface area contributed by atoms with E-state index in [-0.39, 0.29) is 0 Å². The number of hydrogen-bond acceptors (Lipinski definition) is 2. The molecule has 2 nitrogen and oxygen atoms in total. The van der Waals surface area contributed by atoms with Crippen LogP contribution in [0.25, 0.3) is 0 Å². The molecule has 0 saturated carbocycles. The lowest BCUT2D eigenvalue weighted by Crippen LogP contribution is -2.33. The van der Waals surface area contributed by atoms with Gasteiger partial charge >= 0.3 is 0 Å². The van der Waals surface area contributed by atoms with Gasteiger partial charge in [0.1, 0.15) is 0 Å². The molecule has 0 saturated heterocycles. The summed E-state index contributed by atoms with van der Waals surface area (Å²) in [5.74, 6) is 0. The van der Waals surface area contributed by atoms with E-state index in [1.165, 1.54) is 16.7 Å². The Kier molecular flexibility index (Phi) is 3.26. The van der Waals surface area contributed by atoms with Crippen molar-refractivity contribution in [2.75, 3.05) is 12.3 Å². The van der Waals surface area contributed by atoms with E-state index < -0.39 is 0 Å². The third-order valence-electron chi connectivity index (χ3n) is 4.16. The van der Waals surface area contributed by atoms with Crippen LogP contribution in [0.1, 0.15) is 29.7 Å². The minimum absolute atomic E-state index is 0.454. The van der Waals surface area contributed by atoms with Gasteiger partial charge in [0.15, 0.2) is 0 Å².